The predicted molar refractivity (Wildman–Crippen MR) is 106 cm³/mol. The molecule has 0 aliphatic rings. The average Bonchev–Trinajstić information content (AvgIpc) is 2.65. The first kappa shape index (κ1) is 18.7. The number of unbranched alkanes of at least 4 members (excludes halogenated alkanes) is 1. The topological polar surface area (TPSA) is 21.3 Å². The first-order chi connectivity index (χ1) is 12.7. The molecule has 0 radical (unpaired) electrons. The van der Waals surface area contributed by atoms with Crippen LogP contribution in [0.1, 0.15) is 30.9 Å². The van der Waals surface area contributed by atoms with Gasteiger partial charge in [0.15, 0.2) is 0 Å². The molecule has 0 heterocycles. The second kappa shape index (κ2) is 9.02. The molecule has 0 aliphatic carbocycles. The number of hydrogen-bond acceptors (Lipinski definition) is 2. The van der Waals surface area contributed by atoms with E-state index in [9.17, 15) is 4.39 Å². The summed E-state index contributed by atoms with van der Waals surface area (Å²) in [6, 6.07) is 16.7. The van der Waals surface area contributed by atoms with Crippen LogP contribution in [-0.2, 0) is 13.2 Å². The summed E-state index contributed by atoms with van der Waals surface area (Å²) in [6.07, 6.45) is 2.31. The molecule has 0 saturated heterocycles. The minimum absolute atomic E-state index is 0.305. The molecule has 0 bridgehead atoms. The van der Waals surface area contributed by atoms with Gasteiger partial charge in [0.2, 0.25) is 0 Å². The lowest BCUT2D eigenvalue weighted by Gasteiger charge is -2.15. The molecule has 0 unspecified atom stereocenters. The van der Waals surface area contributed by atoms with E-state index < -0.39 is 0 Å². The van der Waals surface area contributed by atoms with Crippen LogP contribution in [0.4, 0.5) is 4.39 Å². The number of fused-ring (bicyclic) bond motifs is 1. The fourth-order valence-corrected chi connectivity index (χ4v) is 3.16. The van der Waals surface area contributed by atoms with Crippen molar-refractivity contribution in [1.29, 1.82) is 0 Å². The zero-order valence-electron chi connectivity index (χ0n) is 14.9. The van der Waals surface area contributed by atoms with Crippen molar-refractivity contribution in [3.05, 3.63) is 76.6 Å². The number of benzene rings is 3. The Morgan fingerprint density at radius 2 is 1.92 bits per heavy atom. The quantitative estimate of drug-likeness (QED) is 0.483. The van der Waals surface area contributed by atoms with Crippen LogP contribution in [0.2, 0.25) is 5.02 Å². The van der Waals surface area contributed by atoms with Gasteiger partial charge in [-0.25, -0.2) is 4.39 Å². The van der Waals surface area contributed by atoms with E-state index in [1.165, 1.54) is 22.9 Å². The van der Waals surface area contributed by atoms with Gasteiger partial charge in [0.25, 0.3) is 0 Å². The highest BCUT2D eigenvalue weighted by Crippen LogP contribution is 2.29. The van der Waals surface area contributed by atoms with Gasteiger partial charge in [0.05, 0.1) is 5.02 Å². The number of hydrogen-bond donors (Lipinski definition) is 1. The van der Waals surface area contributed by atoms with E-state index in [1.807, 2.05) is 18.2 Å². The summed E-state index contributed by atoms with van der Waals surface area (Å²) < 4.78 is 19.3. The van der Waals surface area contributed by atoms with Gasteiger partial charge in [-0.1, -0.05) is 61.3 Å². The molecule has 0 aromatic heterocycles. The summed E-state index contributed by atoms with van der Waals surface area (Å²) in [7, 11) is 0. The van der Waals surface area contributed by atoms with Crippen LogP contribution < -0.4 is 10.1 Å². The molecule has 3 rings (SSSR count). The third-order valence-electron chi connectivity index (χ3n) is 4.40. The molecule has 0 saturated carbocycles. The van der Waals surface area contributed by atoms with E-state index in [2.05, 4.69) is 30.4 Å². The first-order valence-electron chi connectivity index (χ1n) is 8.97. The summed E-state index contributed by atoms with van der Waals surface area (Å²) in [6.45, 7) is 4.21. The molecule has 0 amide bonds. The highest BCUT2D eigenvalue weighted by atomic mass is 35.5. The molecule has 0 aliphatic heterocycles. The summed E-state index contributed by atoms with van der Waals surface area (Å²) in [4.78, 5) is 0. The Kier molecular flexibility index (Phi) is 6.48. The van der Waals surface area contributed by atoms with Gasteiger partial charge in [0.1, 0.15) is 18.2 Å². The van der Waals surface area contributed by atoms with Crippen LogP contribution >= 0.6 is 11.6 Å². The summed E-state index contributed by atoms with van der Waals surface area (Å²) in [5.41, 5.74) is 1.91. The van der Waals surface area contributed by atoms with Crippen LogP contribution in [-0.4, -0.2) is 6.54 Å². The van der Waals surface area contributed by atoms with Crippen molar-refractivity contribution < 1.29 is 9.13 Å². The zero-order valence-corrected chi connectivity index (χ0v) is 15.7. The molecule has 0 atom stereocenters. The molecule has 0 fully saturated rings. The second-order valence-electron chi connectivity index (χ2n) is 6.32. The Morgan fingerprint density at radius 3 is 2.73 bits per heavy atom. The van der Waals surface area contributed by atoms with Crippen LogP contribution in [0.25, 0.3) is 10.8 Å². The SMILES string of the molecule is CCCCNCc1c(OCc2ccc(F)cc2Cl)ccc2ccccc12. The fourth-order valence-electron chi connectivity index (χ4n) is 2.94. The Labute approximate surface area is 158 Å². The molecular formula is C22H23ClFNO. The van der Waals surface area contributed by atoms with Gasteiger partial charge >= 0.3 is 0 Å². The molecule has 1 N–H and O–H groups in total. The Bertz CT molecular complexity index is 881. The first-order valence-corrected chi connectivity index (χ1v) is 9.35. The lowest BCUT2D eigenvalue weighted by molar-refractivity contribution is 0.302. The predicted octanol–water partition coefficient (Wildman–Crippen LogP) is 6.10. The fraction of sp³-hybridized carbons (Fsp3) is 0.273. The number of nitrogens with one attached hydrogen (secondary N) is 1. The lowest BCUT2D eigenvalue weighted by atomic mass is 10.0. The van der Waals surface area contributed by atoms with Gasteiger partial charge in [0, 0.05) is 17.7 Å². The molecule has 136 valence electrons. The van der Waals surface area contributed by atoms with E-state index in [0.29, 0.717) is 11.6 Å². The summed E-state index contributed by atoms with van der Waals surface area (Å²) in [5, 5.41) is 6.25. The third kappa shape index (κ3) is 4.54. The number of rotatable bonds is 8. The van der Waals surface area contributed by atoms with E-state index >= 15 is 0 Å². The second-order valence-corrected chi connectivity index (χ2v) is 6.73. The average molecular weight is 372 g/mol. The molecular weight excluding hydrogens is 349 g/mol. The Morgan fingerprint density at radius 1 is 1.08 bits per heavy atom. The van der Waals surface area contributed by atoms with Gasteiger partial charge in [-0.05, 0) is 41.9 Å². The maximum Gasteiger partial charge on any atom is 0.124 e. The smallest absolute Gasteiger partial charge is 0.124 e. The van der Waals surface area contributed by atoms with Crippen molar-refractivity contribution in [2.75, 3.05) is 6.54 Å². The van der Waals surface area contributed by atoms with Crippen LogP contribution in [0.5, 0.6) is 5.75 Å². The van der Waals surface area contributed by atoms with E-state index in [0.717, 1.165) is 42.8 Å². The maximum absolute atomic E-state index is 13.2. The normalized spacial score (nSPS) is 11.0. The van der Waals surface area contributed by atoms with Crippen molar-refractivity contribution in [2.24, 2.45) is 0 Å². The number of ether oxygens (including phenoxy) is 1. The number of halogens is 2. The lowest BCUT2D eigenvalue weighted by Crippen LogP contribution is -2.15. The molecule has 3 aromatic carbocycles. The highest BCUT2D eigenvalue weighted by Gasteiger charge is 2.10. The minimum Gasteiger partial charge on any atom is -0.488 e. The van der Waals surface area contributed by atoms with E-state index in [4.69, 9.17) is 16.3 Å². The van der Waals surface area contributed by atoms with Crippen LogP contribution in [0.15, 0.2) is 54.6 Å². The maximum atomic E-state index is 13.2. The van der Waals surface area contributed by atoms with Crippen LogP contribution in [0.3, 0.4) is 0 Å². The largest absolute Gasteiger partial charge is 0.488 e. The molecule has 0 spiro atoms. The van der Waals surface area contributed by atoms with Gasteiger partial charge < -0.3 is 10.1 Å². The summed E-state index contributed by atoms with van der Waals surface area (Å²) in [5.74, 6) is 0.485. The Hall–Kier alpha value is -2.10. The molecule has 2 nitrogen and oxygen atoms in total. The Balaban J connectivity index is 1.83. The minimum atomic E-state index is -0.342. The monoisotopic (exact) mass is 371 g/mol. The van der Waals surface area contributed by atoms with Gasteiger partial charge in [-0.2, -0.15) is 0 Å². The summed E-state index contributed by atoms with van der Waals surface area (Å²) >= 11 is 6.12. The van der Waals surface area contributed by atoms with Crippen molar-refractivity contribution in [3.8, 4) is 5.75 Å². The van der Waals surface area contributed by atoms with E-state index in [-0.39, 0.29) is 5.82 Å². The standard InChI is InChI=1S/C22H23ClFNO/c1-2-3-12-25-14-20-19-7-5-4-6-16(19)9-11-22(20)26-15-17-8-10-18(24)13-21(17)23/h4-11,13,25H,2-3,12,14-15H2,1H3. The van der Waals surface area contributed by atoms with Crippen molar-refractivity contribution >= 4 is 22.4 Å². The van der Waals surface area contributed by atoms with Crippen molar-refractivity contribution in [1.82, 2.24) is 5.32 Å². The zero-order chi connectivity index (χ0) is 18.4. The third-order valence-corrected chi connectivity index (χ3v) is 4.76. The van der Waals surface area contributed by atoms with Gasteiger partial charge in [-0.15, -0.1) is 0 Å². The van der Waals surface area contributed by atoms with Crippen molar-refractivity contribution in [3.63, 3.8) is 0 Å². The highest BCUT2D eigenvalue weighted by molar-refractivity contribution is 6.31. The van der Waals surface area contributed by atoms with Crippen molar-refractivity contribution in [2.45, 2.75) is 32.9 Å². The molecule has 4 heteroatoms. The molecule has 3 aromatic rings. The van der Waals surface area contributed by atoms with E-state index in [1.54, 1.807) is 6.07 Å². The van der Waals surface area contributed by atoms with Gasteiger partial charge in [-0.3, -0.25) is 0 Å². The molecule has 26 heavy (non-hydrogen) atoms. The van der Waals surface area contributed by atoms with Crippen LogP contribution in [0, 0.1) is 5.82 Å².